The Kier molecular flexibility index (Phi) is 7.25. The summed E-state index contributed by atoms with van der Waals surface area (Å²) >= 11 is 1.34. The van der Waals surface area contributed by atoms with E-state index in [9.17, 15) is 9.59 Å². The van der Waals surface area contributed by atoms with E-state index in [1.807, 2.05) is 35.2 Å². The topological polar surface area (TPSA) is 83.6 Å². The molecule has 0 saturated carbocycles. The first-order valence-electron chi connectivity index (χ1n) is 9.54. The normalized spacial score (nSPS) is 14.9. The van der Waals surface area contributed by atoms with Crippen molar-refractivity contribution in [2.24, 2.45) is 5.73 Å². The fourth-order valence-corrected chi connectivity index (χ4v) is 4.30. The molecule has 0 atom stereocenters. The third-order valence-corrected chi connectivity index (χ3v) is 6.15. The highest BCUT2D eigenvalue weighted by Gasteiger charge is 2.24. The molecule has 0 aliphatic carbocycles. The molecule has 0 aromatic heterocycles. The maximum absolute atomic E-state index is 12.9. The van der Waals surface area contributed by atoms with Crippen molar-refractivity contribution in [3.05, 3.63) is 65.2 Å². The maximum Gasteiger partial charge on any atom is 0.253 e. The Balaban J connectivity index is 1.59. The minimum Gasteiger partial charge on any atom is -0.389 e. The molecule has 1 amide bonds. The number of carbonyl (C=O) groups excluding carboxylic acids is 2. The molecular formula is C22H26N2O3S. The van der Waals surface area contributed by atoms with Crippen LogP contribution in [0.15, 0.2) is 53.4 Å². The van der Waals surface area contributed by atoms with E-state index in [1.165, 1.54) is 17.3 Å². The molecule has 1 aliphatic heterocycles. The quantitative estimate of drug-likeness (QED) is 0.701. The van der Waals surface area contributed by atoms with Crippen LogP contribution in [0.1, 0.15) is 40.2 Å². The summed E-state index contributed by atoms with van der Waals surface area (Å²) in [6.07, 6.45) is 1.89. The van der Waals surface area contributed by atoms with E-state index >= 15 is 0 Å². The van der Waals surface area contributed by atoms with E-state index in [2.05, 4.69) is 18.2 Å². The number of likely N-dealkylation sites (tertiary alicyclic amines) is 1. The molecule has 0 radical (unpaired) electrons. The fraction of sp³-hybridized carbons (Fsp3) is 0.364. The summed E-state index contributed by atoms with van der Waals surface area (Å²) in [5.41, 5.74) is 8.84. The van der Waals surface area contributed by atoms with Gasteiger partial charge in [0.15, 0.2) is 5.78 Å². The number of benzene rings is 2. The molecule has 0 bridgehead atoms. The molecule has 1 heterocycles. The Labute approximate surface area is 169 Å². The average Bonchev–Trinajstić information content (AvgIpc) is 2.77. The molecule has 1 aliphatic rings. The summed E-state index contributed by atoms with van der Waals surface area (Å²) in [4.78, 5) is 26.9. The molecule has 5 nitrogen and oxygen atoms in total. The van der Waals surface area contributed by atoms with Crippen molar-refractivity contribution in [3.8, 4) is 0 Å². The zero-order valence-electron chi connectivity index (χ0n) is 15.8. The number of nitrogens with zero attached hydrogens (tertiary/aromatic N) is 1. The molecule has 148 valence electrons. The summed E-state index contributed by atoms with van der Waals surface area (Å²) in [6.45, 7) is 1.56. The Morgan fingerprint density at radius 2 is 1.86 bits per heavy atom. The highest BCUT2D eigenvalue weighted by atomic mass is 32.2. The molecule has 28 heavy (non-hydrogen) atoms. The number of ketones is 1. The summed E-state index contributed by atoms with van der Waals surface area (Å²) in [6, 6.07) is 15.8. The number of amides is 1. The zero-order valence-corrected chi connectivity index (χ0v) is 16.7. The van der Waals surface area contributed by atoms with Gasteiger partial charge in [0.25, 0.3) is 5.91 Å². The number of aliphatic hydroxyl groups is 1. The number of piperidine rings is 1. The highest BCUT2D eigenvalue weighted by molar-refractivity contribution is 8.00. The third kappa shape index (κ3) is 5.22. The van der Waals surface area contributed by atoms with Gasteiger partial charge >= 0.3 is 0 Å². The van der Waals surface area contributed by atoms with Gasteiger partial charge in [0, 0.05) is 30.1 Å². The van der Waals surface area contributed by atoms with Gasteiger partial charge in [-0.05, 0) is 48.1 Å². The van der Waals surface area contributed by atoms with E-state index in [1.54, 1.807) is 0 Å². The second kappa shape index (κ2) is 9.87. The van der Waals surface area contributed by atoms with Gasteiger partial charge in [0.05, 0.1) is 5.75 Å². The van der Waals surface area contributed by atoms with E-state index < -0.39 is 6.61 Å². The fourth-order valence-electron chi connectivity index (χ4n) is 3.50. The van der Waals surface area contributed by atoms with Crippen LogP contribution in [-0.4, -0.2) is 47.1 Å². The lowest BCUT2D eigenvalue weighted by atomic mass is 9.88. The number of hydrogen-bond donors (Lipinski definition) is 2. The summed E-state index contributed by atoms with van der Waals surface area (Å²) < 4.78 is 0. The number of hydrogen-bond acceptors (Lipinski definition) is 5. The summed E-state index contributed by atoms with van der Waals surface area (Å²) in [5, 5.41) is 8.83. The Morgan fingerprint density at radius 3 is 2.57 bits per heavy atom. The minimum absolute atomic E-state index is 0.0325. The first-order chi connectivity index (χ1) is 13.6. The molecule has 3 rings (SSSR count). The van der Waals surface area contributed by atoms with Gasteiger partial charge in [-0.15, -0.1) is 11.8 Å². The Bertz CT molecular complexity index is 832. The van der Waals surface area contributed by atoms with Crippen molar-refractivity contribution in [3.63, 3.8) is 0 Å². The number of aliphatic hydroxyl groups excluding tert-OH is 1. The van der Waals surface area contributed by atoms with Crippen LogP contribution in [0, 0.1) is 0 Å². The predicted molar refractivity (Wildman–Crippen MR) is 111 cm³/mol. The van der Waals surface area contributed by atoms with Crippen LogP contribution in [0.4, 0.5) is 0 Å². The van der Waals surface area contributed by atoms with Crippen LogP contribution in [0.5, 0.6) is 0 Å². The predicted octanol–water partition coefficient (Wildman–Crippen LogP) is 2.82. The zero-order chi connectivity index (χ0) is 19.9. The molecule has 1 fully saturated rings. The highest BCUT2D eigenvalue weighted by Crippen LogP contribution is 2.29. The Morgan fingerprint density at radius 1 is 1.11 bits per heavy atom. The van der Waals surface area contributed by atoms with Crippen molar-refractivity contribution in [1.29, 1.82) is 0 Å². The lowest BCUT2D eigenvalue weighted by Gasteiger charge is -2.32. The van der Waals surface area contributed by atoms with E-state index in [-0.39, 0.29) is 17.4 Å². The number of thioether (sulfide) groups is 1. The molecule has 1 saturated heterocycles. The first kappa shape index (κ1) is 20.6. The molecule has 3 N–H and O–H groups in total. The monoisotopic (exact) mass is 398 g/mol. The lowest BCUT2D eigenvalue weighted by Crippen LogP contribution is -2.37. The molecule has 0 spiro atoms. The minimum atomic E-state index is -0.450. The van der Waals surface area contributed by atoms with Gasteiger partial charge in [-0.1, -0.05) is 30.3 Å². The molecule has 6 heteroatoms. The van der Waals surface area contributed by atoms with Gasteiger partial charge in [0.2, 0.25) is 0 Å². The summed E-state index contributed by atoms with van der Waals surface area (Å²) in [5.74, 6) is 0.482. The van der Waals surface area contributed by atoms with Crippen molar-refractivity contribution in [2.45, 2.75) is 30.2 Å². The van der Waals surface area contributed by atoms with Crippen LogP contribution in [0.2, 0.25) is 0 Å². The second-order valence-electron chi connectivity index (χ2n) is 7.03. The van der Waals surface area contributed by atoms with Crippen LogP contribution < -0.4 is 5.73 Å². The van der Waals surface area contributed by atoms with Crippen LogP contribution >= 0.6 is 11.8 Å². The molecular weight excluding hydrogens is 372 g/mol. The number of Topliss-reactive ketones (excluding diaryl/α,β-unsaturated/α-hetero) is 1. The van der Waals surface area contributed by atoms with Crippen LogP contribution in [0.3, 0.4) is 0 Å². The summed E-state index contributed by atoms with van der Waals surface area (Å²) in [7, 11) is 0. The van der Waals surface area contributed by atoms with Crippen LogP contribution in [0.25, 0.3) is 0 Å². The second-order valence-corrected chi connectivity index (χ2v) is 8.08. The Hall–Kier alpha value is -2.15. The van der Waals surface area contributed by atoms with Gasteiger partial charge < -0.3 is 15.7 Å². The van der Waals surface area contributed by atoms with Gasteiger partial charge in [-0.3, -0.25) is 9.59 Å². The standard InChI is InChI=1S/C22H26N2O3S/c23-13-16-3-1-4-18(11-16)17-7-9-24(10-8-17)22(27)19-5-2-6-21(12-19)28-15-20(26)14-25/h1-6,11-12,17,25H,7-10,13-15,23H2. The van der Waals surface area contributed by atoms with E-state index in [0.29, 0.717) is 18.0 Å². The first-order valence-corrected chi connectivity index (χ1v) is 10.5. The smallest absolute Gasteiger partial charge is 0.253 e. The van der Waals surface area contributed by atoms with Gasteiger partial charge in [-0.25, -0.2) is 0 Å². The van der Waals surface area contributed by atoms with Gasteiger partial charge in [-0.2, -0.15) is 0 Å². The largest absolute Gasteiger partial charge is 0.389 e. The van der Waals surface area contributed by atoms with Gasteiger partial charge in [0.1, 0.15) is 6.61 Å². The molecule has 2 aromatic rings. The molecule has 0 unspecified atom stereocenters. The number of nitrogens with two attached hydrogens (primary N) is 1. The lowest BCUT2D eigenvalue weighted by molar-refractivity contribution is -0.119. The van der Waals surface area contributed by atoms with Crippen molar-refractivity contribution < 1.29 is 14.7 Å². The van der Waals surface area contributed by atoms with Crippen LogP contribution in [-0.2, 0) is 11.3 Å². The average molecular weight is 399 g/mol. The molecule has 2 aromatic carbocycles. The number of rotatable bonds is 7. The van der Waals surface area contributed by atoms with E-state index in [0.717, 1.165) is 36.4 Å². The van der Waals surface area contributed by atoms with E-state index in [4.69, 9.17) is 10.8 Å². The maximum atomic E-state index is 12.9. The third-order valence-electron chi connectivity index (χ3n) is 5.10. The van der Waals surface area contributed by atoms with Crippen molar-refractivity contribution >= 4 is 23.5 Å². The SMILES string of the molecule is NCc1cccc(C2CCN(C(=O)c3cccc(SCC(=O)CO)c3)CC2)c1. The van der Waals surface area contributed by atoms with Crippen molar-refractivity contribution in [2.75, 3.05) is 25.4 Å². The number of carbonyl (C=O) groups is 2. The van der Waals surface area contributed by atoms with Crippen molar-refractivity contribution in [1.82, 2.24) is 4.90 Å².